The Hall–Kier alpha value is -1.64. The van der Waals surface area contributed by atoms with E-state index in [9.17, 15) is 0 Å². The third kappa shape index (κ3) is 2.29. The van der Waals surface area contributed by atoms with Crippen LogP contribution in [-0.2, 0) is 0 Å². The van der Waals surface area contributed by atoms with E-state index in [1.807, 2.05) is 11.8 Å². The fourth-order valence-electron chi connectivity index (χ4n) is 2.68. The SMILES string of the molecule is Cc1ccc([SH]2c3ccccc3Sc3ccccc32)cc1. The Morgan fingerprint density at radius 1 is 0.667 bits per heavy atom. The van der Waals surface area contributed by atoms with Gasteiger partial charge in [0.05, 0.1) is 0 Å². The number of aryl methyl sites for hydroxylation is 1. The Bertz CT molecular complexity index is 745. The molecule has 0 aromatic heterocycles. The minimum Gasteiger partial charge on any atom is -0.171 e. The molecule has 0 N–H and O–H groups in total. The normalized spacial score (nSPS) is 14.4. The predicted molar refractivity (Wildman–Crippen MR) is 92.0 cm³/mol. The van der Waals surface area contributed by atoms with Gasteiger partial charge in [0.2, 0.25) is 0 Å². The molecule has 0 nitrogen and oxygen atoms in total. The summed E-state index contributed by atoms with van der Waals surface area (Å²) in [5.41, 5.74) is 1.32. The van der Waals surface area contributed by atoms with Gasteiger partial charge in [0.25, 0.3) is 0 Å². The highest BCUT2D eigenvalue weighted by Gasteiger charge is 2.23. The second-order valence-corrected chi connectivity index (χ2v) is 8.44. The van der Waals surface area contributed by atoms with Crippen LogP contribution < -0.4 is 0 Å². The van der Waals surface area contributed by atoms with Crippen molar-refractivity contribution in [2.75, 3.05) is 0 Å². The molecule has 0 spiro atoms. The highest BCUT2D eigenvalue weighted by Crippen LogP contribution is 2.61. The van der Waals surface area contributed by atoms with Crippen LogP contribution in [0.3, 0.4) is 0 Å². The van der Waals surface area contributed by atoms with Crippen molar-refractivity contribution in [3.63, 3.8) is 0 Å². The quantitative estimate of drug-likeness (QED) is 0.425. The molecule has 0 aliphatic carbocycles. The van der Waals surface area contributed by atoms with Gasteiger partial charge in [-0.2, -0.15) is 10.9 Å². The number of rotatable bonds is 1. The van der Waals surface area contributed by atoms with Crippen LogP contribution in [-0.4, -0.2) is 0 Å². The Kier molecular flexibility index (Phi) is 3.28. The van der Waals surface area contributed by atoms with Gasteiger partial charge in [-0.05, 0) is 48.2 Å². The Morgan fingerprint density at radius 2 is 1.19 bits per heavy atom. The Labute approximate surface area is 132 Å². The molecule has 21 heavy (non-hydrogen) atoms. The molecule has 0 saturated carbocycles. The number of fused-ring (bicyclic) bond motifs is 2. The van der Waals surface area contributed by atoms with Crippen LogP contribution in [0.25, 0.3) is 0 Å². The first-order valence-electron chi connectivity index (χ1n) is 7.06. The second-order valence-electron chi connectivity index (χ2n) is 5.21. The van der Waals surface area contributed by atoms with Crippen molar-refractivity contribution in [3.8, 4) is 0 Å². The number of thiol groups is 1. The van der Waals surface area contributed by atoms with E-state index >= 15 is 0 Å². The molecular formula is C19H16S2. The molecule has 0 bridgehead atoms. The van der Waals surface area contributed by atoms with Crippen LogP contribution in [0.1, 0.15) is 5.56 Å². The van der Waals surface area contributed by atoms with Gasteiger partial charge in [-0.3, -0.25) is 0 Å². The standard InChI is InChI=1S/C19H16S2/c1-14-10-12-15(13-11-14)21-18-8-4-2-6-16(18)20-17-7-3-5-9-19(17)21/h2-13,21H,1H3. The molecular weight excluding hydrogens is 292 g/mol. The minimum absolute atomic E-state index is 0.432. The lowest BCUT2D eigenvalue weighted by atomic mass is 10.2. The molecule has 2 heteroatoms. The average Bonchev–Trinajstić information content (AvgIpc) is 2.53. The largest absolute Gasteiger partial charge is 0.171 e. The van der Waals surface area contributed by atoms with Crippen molar-refractivity contribution < 1.29 is 0 Å². The van der Waals surface area contributed by atoms with Crippen LogP contribution in [0.5, 0.6) is 0 Å². The lowest BCUT2D eigenvalue weighted by molar-refractivity contribution is 1.13. The first-order chi connectivity index (χ1) is 10.3. The summed E-state index contributed by atoms with van der Waals surface area (Å²) in [6, 6.07) is 26.7. The monoisotopic (exact) mass is 308 g/mol. The molecule has 4 rings (SSSR count). The first-order valence-corrected chi connectivity index (χ1v) is 9.21. The highest BCUT2D eigenvalue weighted by atomic mass is 32.2. The molecule has 0 fully saturated rings. The molecule has 0 saturated heterocycles. The van der Waals surface area contributed by atoms with E-state index in [2.05, 4.69) is 79.7 Å². The molecule has 0 amide bonds. The predicted octanol–water partition coefficient (Wildman–Crippen LogP) is 5.94. The summed E-state index contributed by atoms with van der Waals surface area (Å²) >= 11 is 1.90. The zero-order valence-electron chi connectivity index (χ0n) is 11.8. The van der Waals surface area contributed by atoms with Crippen LogP contribution in [0.4, 0.5) is 0 Å². The van der Waals surface area contributed by atoms with E-state index < -0.39 is 10.9 Å². The smallest absolute Gasteiger partial charge is 0.0247 e. The third-order valence-corrected chi connectivity index (χ3v) is 7.74. The average molecular weight is 308 g/mol. The summed E-state index contributed by atoms with van der Waals surface area (Å²) in [7, 11) is -0.432. The van der Waals surface area contributed by atoms with Crippen LogP contribution in [0, 0.1) is 6.92 Å². The van der Waals surface area contributed by atoms with Crippen molar-refractivity contribution in [1.29, 1.82) is 0 Å². The molecule has 3 aromatic carbocycles. The molecule has 0 atom stereocenters. The number of benzene rings is 3. The number of hydrogen-bond acceptors (Lipinski definition) is 1. The zero-order valence-corrected chi connectivity index (χ0v) is 13.5. The lowest BCUT2D eigenvalue weighted by Crippen LogP contribution is -1.97. The topological polar surface area (TPSA) is 0 Å². The van der Waals surface area contributed by atoms with E-state index in [4.69, 9.17) is 0 Å². The maximum absolute atomic E-state index is 2.30. The molecule has 0 radical (unpaired) electrons. The molecule has 104 valence electrons. The minimum atomic E-state index is -0.432. The van der Waals surface area contributed by atoms with Gasteiger partial charge >= 0.3 is 0 Å². The molecule has 0 unspecified atom stereocenters. The van der Waals surface area contributed by atoms with Crippen molar-refractivity contribution >= 4 is 22.7 Å². The Morgan fingerprint density at radius 3 is 1.76 bits per heavy atom. The molecule has 1 heterocycles. The van der Waals surface area contributed by atoms with E-state index in [-0.39, 0.29) is 0 Å². The molecule has 3 aromatic rings. The second kappa shape index (κ2) is 5.28. The zero-order chi connectivity index (χ0) is 14.2. The van der Waals surface area contributed by atoms with Crippen molar-refractivity contribution in [2.45, 2.75) is 31.4 Å². The van der Waals surface area contributed by atoms with Crippen molar-refractivity contribution in [3.05, 3.63) is 78.4 Å². The maximum atomic E-state index is 2.30. The van der Waals surface area contributed by atoms with Crippen LogP contribution >= 0.6 is 22.7 Å². The third-order valence-electron chi connectivity index (χ3n) is 3.72. The van der Waals surface area contributed by atoms with Gasteiger partial charge in [-0.25, -0.2) is 0 Å². The summed E-state index contributed by atoms with van der Waals surface area (Å²) in [6.07, 6.45) is 0. The van der Waals surface area contributed by atoms with Gasteiger partial charge in [-0.15, -0.1) is 0 Å². The molecule has 1 aliphatic rings. The van der Waals surface area contributed by atoms with E-state index in [0.29, 0.717) is 0 Å². The van der Waals surface area contributed by atoms with Gasteiger partial charge in [0.15, 0.2) is 0 Å². The van der Waals surface area contributed by atoms with E-state index in [1.54, 1.807) is 0 Å². The lowest BCUT2D eigenvalue weighted by Gasteiger charge is -2.31. The fraction of sp³-hybridized carbons (Fsp3) is 0.0526. The fourth-order valence-corrected chi connectivity index (χ4v) is 6.70. The maximum Gasteiger partial charge on any atom is 0.0247 e. The summed E-state index contributed by atoms with van der Waals surface area (Å²) in [5.74, 6) is 0. The summed E-state index contributed by atoms with van der Waals surface area (Å²) < 4.78 is 0. The van der Waals surface area contributed by atoms with Gasteiger partial charge < -0.3 is 0 Å². The first kappa shape index (κ1) is 13.1. The van der Waals surface area contributed by atoms with Crippen LogP contribution in [0.15, 0.2) is 97.3 Å². The summed E-state index contributed by atoms with van der Waals surface area (Å²) in [6.45, 7) is 2.15. The number of hydrogen-bond donors (Lipinski definition) is 1. The highest BCUT2D eigenvalue weighted by molar-refractivity contribution is 8.18. The van der Waals surface area contributed by atoms with Crippen molar-refractivity contribution in [1.82, 2.24) is 0 Å². The van der Waals surface area contributed by atoms with Gasteiger partial charge in [0.1, 0.15) is 0 Å². The van der Waals surface area contributed by atoms with Crippen LogP contribution in [0.2, 0.25) is 0 Å². The Balaban J connectivity index is 1.95. The molecule has 1 aliphatic heterocycles. The van der Waals surface area contributed by atoms with E-state index in [0.717, 1.165) is 0 Å². The van der Waals surface area contributed by atoms with Gasteiger partial charge in [0, 0.05) is 19.6 Å². The summed E-state index contributed by atoms with van der Waals surface area (Å²) in [5, 5.41) is 0. The van der Waals surface area contributed by atoms with Crippen molar-refractivity contribution in [2.24, 2.45) is 0 Å². The van der Waals surface area contributed by atoms with Gasteiger partial charge in [-0.1, -0.05) is 53.7 Å². The summed E-state index contributed by atoms with van der Waals surface area (Å²) in [4.78, 5) is 7.22. The van der Waals surface area contributed by atoms with E-state index in [1.165, 1.54) is 30.0 Å².